The third-order valence-electron chi connectivity index (χ3n) is 6.78. The smallest absolute Gasteiger partial charge is 0.214 e. The lowest BCUT2D eigenvalue weighted by atomic mass is 9.60. The first-order chi connectivity index (χ1) is 13.8. The van der Waals surface area contributed by atoms with Crippen LogP contribution in [0.1, 0.15) is 24.8 Å². The summed E-state index contributed by atoms with van der Waals surface area (Å²) >= 11 is 0. The number of ether oxygens (including phenoxy) is 1. The number of likely N-dealkylation sites (N-methyl/N-ethyl adjacent to an activating group) is 1. The molecule has 0 aromatic heterocycles. The van der Waals surface area contributed by atoms with Crippen LogP contribution in [0.5, 0.6) is 5.75 Å². The summed E-state index contributed by atoms with van der Waals surface area (Å²) in [6, 6.07) is 2.02. The van der Waals surface area contributed by atoms with Crippen molar-refractivity contribution in [3.63, 3.8) is 0 Å². The van der Waals surface area contributed by atoms with Crippen LogP contribution in [0.2, 0.25) is 0 Å². The maximum absolute atomic E-state index is 14.6. The molecule has 2 fully saturated rings. The van der Waals surface area contributed by atoms with Crippen molar-refractivity contribution in [3.05, 3.63) is 29.3 Å². The highest BCUT2D eigenvalue weighted by Gasteiger charge is 2.52. The van der Waals surface area contributed by atoms with Crippen molar-refractivity contribution in [1.82, 2.24) is 9.21 Å². The molecule has 1 saturated carbocycles. The van der Waals surface area contributed by atoms with Gasteiger partial charge in [0.25, 0.3) is 0 Å². The molecule has 1 aromatic carbocycles. The summed E-state index contributed by atoms with van der Waals surface area (Å²) in [5.41, 5.74) is -1.17. The van der Waals surface area contributed by atoms with Gasteiger partial charge >= 0.3 is 0 Å². The van der Waals surface area contributed by atoms with E-state index in [2.05, 4.69) is 4.90 Å². The number of carbonyl (C=O) groups excluding carboxylic acids is 1. The summed E-state index contributed by atoms with van der Waals surface area (Å²) in [6.07, 6.45) is 1.91. The fourth-order valence-electron chi connectivity index (χ4n) is 5.05. The van der Waals surface area contributed by atoms with Gasteiger partial charge in [-0.2, -0.15) is 4.31 Å². The number of hydrogen-bond acceptors (Lipinski definition) is 5. The van der Waals surface area contributed by atoms with Gasteiger partial charge in [-0.3, -0.25) is 0 Å². The molecule has 9 heteroatoms. The largest absolute Gasteiger partial charge is 0.490 e. The molecule has 1 saturated heterocycles. The molecular formula is C20H26F2N2O4S. The van der Waals surface area contributed by atoms with E-state index in [1.54, 1.807) is 0 Å². The van der Waals surface area contributed by atoms with Crippen molar-refractivity contribution in [1.29, 1.82) is 0 Å². The van der Waals surface area contributed by atoms with Crippen molar-refractivity contribution in [2.24, 2.45) is 11.8 Å². The summed E-state index contributed by atoms with van der Waals surface area (Å²) < 4.78 is 61.5. The van der Waals surface area contributed by atoms with Crippen LogP contribution < -0.4 is 4.74 Å². The standard InChI is InChI=1S/C20H26F2N2O4S/c1-23-6-8-24(9-7-23)29(26,27)12-14-4-5-20(13-25)15(10-14)11-28-19-17(22)3-2-16(21)18(19)20/h2-3,13-15H,4-12H2,1H3/t14-,15-,20+/m1/s1. The molecule has 0 spiro atoms. The number of nitrogens with zero attached hydrogens (tertiary/aromatic N) is 2. The molecule has 0 bridgehead atoms. The zero-order valence-electron chi connectivity index (χ0n) is 16.4. The number of rotatable bonds is 4. The first-order valence-electron chi connectivity index (χ1n) is 10.0. The first-order valence-corrected chi connectivity index (χ1v) is 11.6. The number of carbonyl (C=O) groups is 1. The summed E-state index contributed by atoms with van der Waals surface area (Å²) in [6.45, 7) is 2.45. The highest BCUT2D eigenvalue weighted by atomic mass is 32.2. The SMILES string of the molecule is CN1CCN(S(=O)(=O)C[C@@H]2CC[C@@]3(C=O)c4c(F)ccc(F)c4OC[C@H]3C2)CC1. The number of halogens is 2. The van der Waals surface area contributed by atoms with E-state index in [0.29, 0.717) is 51.7 Å². The highest BCUT2D eigenvalue weighted by Crippen LogP contribution is 2.52. The minimum absolute atomic E-state index is 0.0101. The maximum Gasteiger partial charge on any atom is 0.214 e. The molecule has 6 nitrogen and oxygen atoms in total. The van der Waals surface area contributed by atoms with Gasteiger partial charge in [-0.05, 0) is 44.4 Å². The third-order valence-corrected chi connectivity index (χ3v) is 8.82. The summed E-state index contributed by atoms with van der Waals surface area (Å²) in [5.74, 6) is -2.01. The van der Waals surface area contributed by atoms with Gasteiger partial charge < -0.3 is 14.4 Å². The number of piperazine rings is 1. The Kier molecular flexibility index (Phi) is 5.41. The lowest BCUT2D eigenvalue weighted by Crippen LogP contribution is -2.51. The Bertz CT molecular complexity index is 902. The summed E-state index contributed by atoms with van der Waals surface area (Å²) in [4.78, 5) is 14.2. The second-order valence-corrected chi connectivity index (χ2v) is 10.5. The molecule has 3 atom stereocenters. The quantitative estimate of drug-likeness (QED) is 0.684. The van der Waals surface area contributed by atoms with E-state index in [9.17, 15) is 22.0 Å². The van der Waals surface area contributed by atoms with E-state index in [1.165, 1.54) is 4.31 Å². The Hall–Kier alpha value is -1.58. The second-order valence-electron chi connectivity index (χ2n) is 8.52. The molecule has 160 valence electrons. The van der Waals surface area contributed by atoms with Gasteiger partial charge in [0, 0.05) is 37.7 Å². The van der Waals surface area contributed by atoms with E-state index >= 15 is 0 Å². The average Bonchev–Trinajstić information content (AvgIpc) is 2.70. The van der Waals surface area contributed by atoms with Crippen molar-refractivity contribution < 1.29 is 26.7 Å². The predicted molar refractivity (Wildman–Crippen MR) is 103 cm³/mol. The number of hydrogen-bond donors (Lipinski definition) is 0. The topological polar surface area (TPSA) is 66.9 Å². The van der Waals surface area contributed by atoms with Crippen LogP contribution in [-0.2, 0) is 20.2 Å². The fourth-order valence-corrected chi connectivity index (χ4v) is 6.88. The van der Waals surface area contributed by atoms with Gasteiger partial charge in [-0.1, -0.05) is 0 Å². The monoisotopic (exact) mass is 428 g/mol. The van der Waals surface area contributed by atoms with E-state index in [4.69, 9.17) is 4.74 Å². The lowest BCUT2D eigenvalue weighted by Gasteiger charge is -2.47. The maximum atomic E-state index is 14.6. The molecule has 29 heavy (non-hydrogen) atoms. The minimum atomic E-state index is -3.40. The molecule has 0 radical (unpaired) electrons. The van der Waals surface area contributed by atoms with Crippen molar-refractivity contribution in [3.8, 4) is 5.75 Å². The van der Waals surface area contributed by atoms with Gasteiger partial charge in [0.05, 0.1) is 17.8 Å². The Balaban J connectivity index is 1.54. The normalized spacial score (nSPS) is 30.9. The Morgan fingerprint density at radius 1 is 1.21 bits per heavy atom. The molecular weight excluding hydrogens is 402 g/mol. The molecule has 1 aliphatic carbocycles. The number of sulfonamides is 1. The van der Waals surface area contributed by atoms with Crippen LogP contribution in [0.25, 0.3) is 0 Å². The third kappa shape index (κ3) is 3.57. The molecule has 2 aliphatic heterocycles. The van der Waals surface area contributed by atoms with Gasteiger partial charge in [0.15, 0.2) is 11.6 Å². The zero-order chi connectivity index (χ0) is 20.8. The molecule has 2 heterocycles. The van der Waals surface area contributed by atoms with E-state index in [-0.39, 0.29) is 35.5 Å². The molecule has 0 N–H and O–H groups in total. The predicted octanol–water partition coefficient (Wildman–Crippen LogP) is 1.79. The first kappa shape index (κ1) is 20.7. The fraction of sp³-hybridized carbons (Fsp3) is 0.650. The molecule has 0 amide bonds. The van der Waals surface area contributed by atoms with E-state index < -0.39 is 27.1 Å². The van der Waals surface area contributed by atoms with Crippen LogP contribution >= 0.6 is 0 Å². The van der Waals surface area contributed by atoms with Gasteiger partial charge in [0.1, 0.15) is 12.1 Å². The van der Waals surface area contributed by atoms with Gasteiger partial charge in [-0.15, -0.1) is 0 Å². The Morgan fingerprint density at radius 2 is 1.90 bits per heavy atom. The van der Waals surface area contributed by atoms with Crippen molar-refractivity contribution in [2.75, 3.05) is 45.6 Å². The molecule has 1 aromatic rings. The van der Waals surface area contributed by atoms with Crippen LogP contribution in [0.4, 0.5) is 8.78 Å². The zero-order valence-corrected chi connectivity index (χ0v) is 17.3. The van der Waals surface area contributed by atoms with Gasteiger partial charge in [-0.25, -0.2) is 17.2 Å². The average molecular weight is 429 g/mol. The van der Waals surface area contributed by atoms with Crippen molar-refractivity contribution in [2.45, 2.75) is 24.7 Å². The number of benzene rings is 1. The molecule has 4 rings (SSSR count). The molecule has 3 aliphatic rings. The summed E-state index contributed by atoms with van der Waals surface area (Å²) in [7, 11) is -1.44. The Morgan fingerprint density at radius 3 is 2.59 bits per heavy atom. The number of aldehydes is 1. The highest BCUT2D eigenvalue weighted by molar-refractivity contribution is 7.89. The van der Waals surface area contributed by atoms with Gasteiger partial charge in [0.2, 0.25) is 10.0 Å². The van der Waals surface area contributed by atoms with Crippen LogP contribution in [-0.4, -0.2) is 69.5 Å². The lowest BCUT2D eigenvalue weighted by molar-refractivity contribution is -0.118. The van der Waals surface area contributed by atoms with E-state index in [0.717, 1.165) is 12.1 Å². The molecule has 0 unspecified atom stereocenters. The minimum Gasteiger partial charge on any atom is -0.490 e. The van der Waals surface area contributed by atoms with Crippen LogP contribution in [0.3, 0.4) is 0 Å². The van der Waals surface area contributed by atoms with Crippen LogP contribution in [0.15, 0.2) is 12.1 Å². The number of fused-ring (bicyclic) bond motifs is 3. The Labute approximate surface area is 169 Å². The van der Waals surface area contributed by atoms with Crippen molar-refractivity contribution >= 4 is 16.3 Å². The second kappa shape index (κ2) is 7.59. The summed E-state index contributed by atoms with van der Waals surface area (Å²) in [5, 5.41) is 0. The van der Waals surface area contributed by atoms with E-state index in [1.807, 2.05) is 7.05 Å². The van der Waals surface area contributed by atoms with Crippen LogP contribution in [0, 0.1) is 23.5 Å².